The van der Waals surface area contributed by atoms with Crippen LogP contribution in [0.1, 0.15) is 28.8 Å². The van der Waals surface area contributed by atoms with Crippen molar-refractivity contribution in [2.75, 3.05) is 18.5 Å². The normalized spacial score (nSPS) is 15.8. The van der Waals surface area contributed by atoms with Crippen LogP contribution in [0, 0.1) is 5.82 Å². The lowest BCUT2D eigenvalue weighted by atomic mass is 9.90. The molecule has 0 bridgehead atoms. The molecule has 1 aliphatic heterocycles. The monoisotopic (exact) mass is 371 g/mol. The van der Waals surface area contributed by atoms with Crippen LogP contribution in [0.15, 0.2) is 48.5 Å². The van der Waals surface area contributed by atoms with Gasteiger partial charge in [-0.2, -0.15) is 0 Å². The summed E-state index contributed by atoms with van der Waals surface area (Å²) >= 11 is 0. The Labute approximate surface area is 156 Å². The fraction of sp³-hybridized carbons (Fsp3) is 0.300. The summed E-state index contributed by atoms with van der Waals surface area (Å²) in [6, 6.07) is 12.4. The highest BCUT2D eigenvalue weighted by molar-refractivity contribution is 6.04. The smallest absolute Gasteiger partial charge is 0.255 e. The van der Waals surface area contributed by atoms with E-state index in [0.29, 0.717) is 43.9 Å². The van der Waals surface area contributed by atoms with E-state index in [9.17, 15) is 14.0 Å². The standard InChI is InChI=1S/C20H22FN3O3/c21-16-5-7-17(8-6-16)24-18(25)15-3-1-14(2-4-15)13-23-19(26)20(22)9-11-27-12-10-20/h1-8H,9-13,22H2,(H,23,26)(H,24,25). The van der Waals surface area contributed by atoms with Gasteiger partial charge in [-0.05, 0) is 54.8 Å². The molecular weight excluding hydrogens is 349 g/mol. The number of nitrogens with one attached hydrogen (secondary N) is 2. The van der Waals surface area contributed by atoms with Crippen LogP contribution in [0.3, 0.4) is 0 Å². The van der Waals surface area contributed by atoms with Crippen LogP contribution in [0.2, 0.25) is 0 Å². The van der Waals surface area contributed by atoms with Gasteiger partial charge in [-0.15, -0.1) is 0 Å². The fourth-order valence-electron chi connectivity index (χ4n) is 2.83. The molecular formula is C20H22FN3O3. The topological polar surface area (TPSA) is 93.5 Å². The third-order valence-electron chi connectivity index (χ3n) is 4.61. The number of benzene rings is 2. The van der Waals surface area contributed by atoms with Crippen molar-refractivity contribution in [3.63, 3.8) is 0 Å². The Balaban J connectivity index is 1.54. The average Bonchev–Trinajstić information content (AvgIpc) is 2.69. The number of hydrogen-bond acceptors (Lipinski definition) is 4. The minimum Gasteiger partial charge on any atom is -0.381 e. The first-order chi connectivity index (χ1) is 13.0. The quantitative estimate of drug-likeness (QED) is 0.751. The zero-order chi connectivity index (χ0) is 19.3. The van der Waals surface area contributed by atoms with Gasteiger partial charge in [0.25, 0.3) is 5.91 Å². The number of nitrogens with two attached hydrogens (primary N) is 1. The second kappa shape index (κ2) is 8.28. The predicted octanol–water partition coefficient (Wildman–Crippen LogP) is 2.20. The number of anilines is 1. The molecule has 0 aromatic heterocycles. The highest BCUT2D eigenvalue weighted by Crippen LogP contribution is 2.18. The number of halogens is 1. The number of carbonyl (C=O) groups excluding carboxylic acids is 2. The molecule has 0 aliphatic carbocycles. The van der Waals surface area contributed by atoms with Crippen molar-refractivity contribution >= 4 is 17.5 Å². The summed E-state index contributed by atoms with van der Waals surface area (Å²) in [6.45, 7) is 1.31. The van der Waals surface area contributed by atoms with Crippen molar-refractivity contribution in [1.29, 1.82) is 0 Å². The van der Waals surface area contributed by atoms with Crippen LogP contribution in [0.5, 0.6) is 0 Å². The molecule has 7 heteroatoms. The summed E-state index contributed by atoms with van der Waals surface area (Å²) in [7, 11) is 0. The second-order valence-corrected chi connectivity index (χ2v) is 6.61. The first-order valence-electron chi connectivity index (χ1n) is 8.77. The molecule has 2 aromatic carbocycles. The molecule has 4 N–H and O–H groups in total. The number of ether oxygens (including phenoxy) is 1. The maximum absolute atomic E-state index is 12.9. The van der Waals surface area contributed by atoms with E-state index in [4.69, 9.17) is 10.5 Å². The van der Waals surface area contributed by atoms with E-state index in [1.54, 1.807) is 24.3 Å². The second-order valence-electron chi connectivity index (χ2n) is 6.61. The van der Waals surface area contributed by atoms with Crippen molar-refractivity contribution in [1.82, 2.24) is 5.32 Å². The van der Waals surface area contributed by atoms with Gasteiger partial charge in [0.05, 0.1) is 5.54 Å². The van der Waals surface area contributed by atoms with Crippen LogP contribution in [0.25, 0.3) is 0 Å². The van der Waals surface area contributed by atoms with Crippen molar-refractivity contribution in [3.05, 3.63) is 65.5 Å². The van der Waals surface area contributed by atoms with E-state index in [1.165, 1.54) is 24.3 Å². The van der Waals surface area contributed by atoms with E-state index in [0.717, 1.165) is 5.56 Å². The SMILES string of the molecule is NC1(C(=O)NCc2ccc(C(=O)Nc3ccc(F)cc3)cc2)CCOCC1. The van der Waals surface area contributed by atoms with Gasteiger partial charge in [-0.25, -0.2) is 4.39 Å². The summed E-state index contributed by atoms with van der Waals surface area (Å²) in [6.07, 6.45) is 1.00. The molecule has 0 radical (unpaired) electrons. The van der Waals surface area contributed by atoms with Gasteiger partial charge in [-0.3, -0.25) is 9.59 Å². The highest BCUT2D eigenvalue weighted by Gasteiger charge is 2.35. The third-order valence-corrected chi connectivity index (χ3v) is 4.61. The van der Waals surface area contributed by atoms with Crippen LogP contribution >= 0.6 is 0 Å². The van der Waals surface area contributed by atoms with E-state index in [2.05, 4.69) is 10.6 Å². The molecule has 6 nitrogen and oxygen atoms in total. The van der Waals surface area contributed by atoms with Crippen LogP contribution in [-0.4, -0.2) is 30.6 Å². The van der Waals surface area contributed by atoms with E-state index >= 15 is 0 Å². The minimum atomic E-state index is -0.882. The molecule has 0 unspecified atom stereocenters. The Kier molecular flexibility index (Phi) is 5.83. The number of amides is 2. The number of hydrogen-bond donors (Lipinski definition) is 3. The minimum absolute atomic E-state index is 0.191. The average molecular weight is 371 g/mol. The molecule has 1 aliphatic rings. The van der Waals surface area contributed by atoms with Crippen LogP contribution < -0.4 is 16.4 Å². The summed E-state index contributed by atoms with van der Waals surface area (Å²) in [5, 5.41) is 5.55. The van der Waals surface area contributed by atoms with Crippen molar-refractivity contribution in [2.24, 2.45) is 5.73 Å². The molecule has 3 rings (SSSR count). The first-order valence-corrected chi connectivity index (χ1v) is 8.77. The Morgan fingerprint density at radius 3 is 2.30 bits per heavy atom. The van der Waals surface area contributed by atoms with Gasteiger partial charge in [0.2, 0.25) is 5.91 Å². The van der Waals surface area contributed by atoms with Gasteiger partial charge in [0.15, 0.2) is 0 Å². The maximum Gasteiger partial charge on any atom is 0.255 e. The zero-order valence-electron chi connectivity index (χ0n) is 14.8. The van der Waals surface area contributed by atoms with Crippen molar-refractivity contribution in [3.8, 4) is 0 Å². The van der Waals surface area contributed by atoms with Gasteiger partial charge in [-0.1, -0.05) is 12.1 Å². The van der Waals surface area contributed by atoms with E-state index < -0.39 is 5.54 Å². The summed E-state index contributed by atoms with van der Waals surface area (Å²) in [5.74, 6) is -0.844. The van der Waals surface area contributed by atoms with Crippen LogP contribution in [0.4, 0.5) is 10.1 Å². The molecule has 1 saturated heterocycles. The molecule has 1 heterocycles. The van der Waals surface area contributed by atoms with Crippen molar-refractivity contribution in [2.45, 2.75) is 24.9 Å². The first kappa shape index (κ1) is 19.0. The van der Waals surface area contributed by atoms with Crippen molar-refractivity contribution < 1.29 is 18.7 Å². The van der Waals surface area contributed by atoms with Gasteiger partial charge < -0.3 is 21.1 Å². The Hall–Kier alpha value is -2.77. The van der Waals surface area contributed by atoms with Gasteiger partial charge in [0.1, 0.15) is 5.82 Å². The predicted molar refractivity (Wildman–Crippen MR) is 99.6 cm³/mol. The molecule has 0 spiro atoms. The molecule has 142 valence electrons. The lowest BCUT2D eigenvalue weighted by molar-refractivity contribution is -0.129. The molecule has 0 atom stereocenters. The van der Waals surface area contributed by atoms with Crippen LogP contribution in [-0.2, 0) is 16.1 Å². The molecule has 2 amide bonds. The molecule has 1 fully saturated rings. The van der Waals surface area contributed by atoms with E-state index in [1.807, 2.05) is 0 Å². The lowest BCUT2D eigenvalue weighted by Crippen LogP contribution is -2.56. The van der Waals surface area contributed by atoms with E-state index in [-0.39, 0.29) is 17.6 Å². The summed E-state index contributed by atoms with van der Waals surface area (Å²) in [4.78, 5) is 24.5. The molecule has 0 saturated carbocycles. The Morgan fingerprint density at radius 2 is 1.67 bits per heavy atom. The summed E-state index contributed by atoms with van der Waals surface area (Å²) in [5.41, 5.74) is 7.10. The number of carbonyl (C=O) groups is 2. The Bertz CT molecular complexity index is 800. The van der Waals surface area contributed by atoms with Gasteiger partial charge >= 0.3 is 0 Å². The molecule has 2 aromatic rings. The lowest BCUT2D eigenvalue weighted by Gasteiger charge is -2.31. The third kappa shape index (κ3) is 4.90. The number of rotatable bonds is 5. The fourth-order valence-corrected chi connectivity index (χ4v) is 2.83. The maximum atomic E-state index is 12.9. The zero-order valence-corrected chi connectivity index (χ0v) is 14.8. The van der Waals surface area contributed by atoms with Gasteiger partial charge in [0, 0.05) is 31.0 Å². The molecule has 27 heavy (non-hydrogen) atoms. The Morgan fingerprint density at radius 1 is 1.04 bits per heavy atom. The highest BCUT2D eigenvalue weighted by atomic mass is 19.1. The largest absolute Gasteiger partial charge is 0.381 e. The summed E-state index contributed by atoms with van der Waals surface area (Å²) < 4.78 is 18.2.